The van der Waals surface area contributed by atoms with Gasteiger partial charge < -0.3 is 13.9 Å². The number of hydrogen-bond acceptors (Lipinski definition) is 7. The van der Waals surface area contributed by atoms with Crippen molar-refractivity contribution in [1.82, 2.24) is 4.31 Å². The molecule has 8 nitrogen and oxygen atoms in total. The predicted molar refractivity (Wildman–Crippen MR) is 76.1 cm³/mol. The monoisotopic (exact) mass is 341 g/mol. The van der Waals surface area contributed by atoms with Crippen molar-refractivity contribution in [2.45, 2.75) is 25.9 Å². The van der Waals surface area contributed by atoms with Gasteiger partial charge in [0.15, 0.2) is 5.76 Å². The van der Waals surface area contributed by atoms with Gasteiger partial charge in [0.2, 0.25) is 21.4 Å². The van der Waals surface area contributed by atoms with E-state index in [1.54, 1.807) is 6.07 Å². The van der Waals surface area contributed by atoms with Gasteiger partial charge in [-0.15, -0.1) is 0 Å². The van der Waals surface area contributed by atoms with Crippen LogP contribution in [0.2, 0.25) is 0 Å². The standard InChI is InChI=1S/C14H15NO7S/c1-9(16)21-11-12(17)14(2,10-5-3-7-20-10)22-13(11)15-6-4-8-23(15,18)19/h3,5,7H,4,6,8H2,1-2H3. The third-order valence-electron chi connectivity index (χ3n) is 3.70. The second-order valence-electron chi connectivity index (χ2n) is 5.41. The van der Waals surface area contributed by atoms with Gasteiger partial charge in [-0.2, -0.15) is 0 Å². The molecule has 9 heteroatoms. The first-order chi connectivity index (χ1) is 10.8. The Morgan fingerprint density at radius 1 is 1.43 bits per heavy atom. The van der Waals surface area contributed by atoms with Gasteiger partial charge in [0.05, 0.1) is 12.0 Å². The first kappa shape index (κ1) is 15.6. The lowest BCUT2D eigenvalue weighted by atomic mass is 9.98. The van der Waals surface area contributed by atoms with E-state index in [4.69, 9.17) is 13.9 Å². The summed E-state index contributed by atoms with van der Waals surface area (Å²) < 4.78 is 41.0. The van der Waals surface area contributed by atoms with Gasteiger partial charge in [-0.1, -0.05) is 0 Å². The highest BCUT2D eigenvalue weighted by Crippen LogP contribution is 2.42. The summed E-state index contributed by atoms with van der Waals surface area (Å²) in [6.07, 6.45) is 1.77. The van der Waals surface area contributed by atoms with Gasteiger partial charge in [0, 0.05) is 13.5 Å². The maximum absolute atomic E-state index is 12.7. The molecular formula is C14H15NO7S. The topological polar surface area (TPSA) is 103 Å². The summed E-state index contributed by atoms with van der Waals surface area (Å²) in [5.41, 5.74) is -1.58. The molecule has 1 fully saturated rings. The number of furan rings is 1. The number of Topliss-reactive ketones (excluding diaryl/α,β-unsaturated/α-hetero) is 1. The molecule has 0 saturated carbocycles. The van der Waals surface area contributed by atoms with Crippen molar-refractivity contribution in [3.8, 4) is 0 Å². The fraction of sp³-hybridized carbons (Fsp3) is 0.429. The van der Waals surface area contributed by atoms with E-state index in [1.165, 1.54) is 19.3 Å². The molecule has 0 spiro atoms. The van der Waals surface area contributed by atoms with Crippen LogP contribution in [0.1, 0.15) is 26.0 Å². The normalized spacial score (nSPS) is 26.5. The number of sulfonamides is 1. The van der Waals surface area contributed by atoms with Crippen molar-refractivity contribution in [2.75, 3.05) is 12.3 Å². The summed E-state index contributed by atoms with van der Waals surface area (Å²) in [5.74, 6) is -1.95. The largest absolute Gasteiger partial charge is 0.465 e. The van der Waals surface area contributed by atoms with Crippen molar-refractivity contribution in [2.24, 2.45) is 0 Å². The summed E-state index contributed by atoms with van der Waals surface area (Å²) >= 11 is 0. The van der Waals surface area contributed by atoms with Gasteiger partial charge >= 0.3 is 5.97 Å². The van der Waals surface area contributed by atoms with E-state index in [9.17, 15) is 18.0 Å². The third kappa shape index (κ3) is 2.40. The van der Waals surface area contributed by atoms with Crippen LogP contribution in [0.3, 0.4) is 0 Å². The quantitative estimate of drug-likeness (QED) is 0.751. The Morgan fingerprint density at radius 3 is 2.70 bits per heavy atom. The zero-order valence-electron chi connectivity index (χ0n) is 12.6. The van der Waals surface area contributed by atoms with Crippen LogP contribution in [-0.2, 0) is 34.7 Å². The lowest BCUT2D eigenvalue weighted by Crippen LogP contribution is -2.32. The van der Waals surface area contributed by atoms with Gasteiger partial charge in [-0.25, -0.2) is 12.7 Å². The summed E-state index contributed by atoms with van der Waals surface area (Å²) in [7, 11) is -3.61. The Balaban J connectivity index is 2.08. The summed E-state index contributed by atoms with van der Waals surface area (Å²) in [5, 5.41) is 0. The minimum Gasteiger partial charge on any atom is -0.465 e. The van der Waals surface area contributed by atoms with Gasteiger partial charge in [-0.05, 0) is 25.5 Å². The number of carbonyl (C=O) groups excluding carboxylic acids is 2. The molecule has 1 aromatic heterocycles. The van der Waals surface area contributed by atoms with Crippen LogP contribution in [-0.4, -0.2) is 36.8 Å². The second-order valence-corrected chi connectivity index (χ2v) is 7.42. The number of carbonyl (C=O) groups is 2. The fourth-order valence-corrected chi connectivity index (χ4v) is 4.07. The Bertz CT molecular complexity index is 793. The number of ether oxygens (including phenoxy) is 2. The molecule has 0 radical (unpaired) electrons. The average Bonchev–Trinajstić information content (AvgIpc) is 3.14. The maximum atomic E-state index is 12.7. The van der Waals surface area contributed by atoms with Gasteiger partial charge in [-0.3, -0.25) is 9.59 Å². The van der Waals surface area contributed by atoms with E-state index in [0.29, 0.717) is 6.42 Å². The Labute approximate surface area is 132 Å². The van der Waals surface area contributed by atoms with Crippen molar-refractivity contribution in [1.29, 1.82) is 0 Å². The molecule has 0 aromatic carbocycles. The molecule has 1 saturated heterocycles. The van der Waals surface area contributed by atoms with E-state index in [2.05, 4.69) is 0 Å². The summed E-state index contributed by atoms with van der Waals surface area (Å²) in [6.45, 7) is 2.72. The van der Waals surface area contributed by atoms with Crippen LogP contribution in [0.15, 0.2) is 34.5 Å². The maximum Gasteiger partial charge on any atom is 0.308 e. The fourth-order valence-electron chi connectivity index (χ4n) is 2.58. The Kier molecular flexibility index (Phi) is 3.47. The van der Waals surface area contributed by atoms with E-state index in [1.807, 2.05) is 0 Å². The van der Waals surface area contributed by atoms with Crippen LogP contribution in [0, 0.1) is 0 Å². The van der Waals surface area contributed by atoms with Crippen molar-refractivity contribution < 1.29 is 31.9 Å². The number of ketones is 1. The number of rotatable bonds is 3. The molecule has 23 heavy (non-hydrogen) atoms. The molecule has 0 amide bonds. The second kappa shape index (κ2) is 5.12. The van der Waals surface area contributed by atoms with E-state index in [0.717, 1.165) is 11.2 Å². The Morgan fingerprint density at radius 2 is 2.17 bits per heavy atom. The zero-order valence-corrected chi connectivity index (χ0v) is 13.4. The molecule has 3 heterocycles. The number of esters is 1. The molecule has 0 N–H and O–H groups in total. The molecule has 1 unspecified atom stereocenters. The highest BCUT2D eigenvalue weighted by Gasteiger charge is 2.54. The lowest BCUT2D eigenvalue weighted by molar-refractivity contribution is -0.142. The van der Waals surface area contributed by atoms with E-state index in [-0.39, 0.29) is 23.9 Å². The minimum absolute atomic E-state index is 0.0567. The molecule has 2 aliphatic heterocycles. The smallest absolute Gasteiger partial charge is 0.308 e. The van der Waals surface area contributed by atoms with Crippen LogP contribution >= 0.6 is 0 Å². The van der Waals surface area contributed by atoms with Gasteiger partial charge in [0.25, 0.3) is 11.7 Å². The van der Waals surface area contributed by atoms with Crippen LogP contribution < -0.4 is 0 Å². The third-order valence-corrected chi connectivity index (χ3v) is 5.52. The van der Waals surface area contributed by atoms with Crippen LogP contribution in [0.5, 0.6) is 0 Å². The first-order valence-corrected chi connectivity index (χ1v) is 8.57. The van der Waals surface area contributed by atoms with Crippen LogP contribution in [0.25, 0.3) is 0 Å². The van der Waals surface area contributed by atoms with Gasteiger partial charge in [0.1, 0.15) is 0 Å². The summed E-state index contributed by atoms with van der Waals surface area (Å²) in [6, 6.07) is 3.11. The minimum atomic E-state index is -3.61. The molecule has 1 aromatic rings. The van der Waals surface area contributed by atoms with Crippen molar-refractivity contribution in [3.63, 3.8) is 0 Å². The molecule has 1 atom stereocenters. The molecule has 124 valence electrons. The highest BCUT2D eigenvalue weighted by atomic mass is 32.2. The molecule has 2 aliphatic rings. The molecular weight excluding hydrogens is 326 g/mol. The van der Waals surface area contributed by atoms with Crippen molar-refractivity contribution >= 4 is 21.8 Å². The highest BCUT2D eigenvalue weighted by molar-refractivity contribution is 7.89. The van der Waals surface area contributed by atoms with Crippen molar-refractivity contribution in [3.05, 3.63) is 35.8 Å². The average molecular weight is 341 g/mol. The predicted octanol–water partition coefficient (Wildman–Crippen LogP) is 0.862. The lowest BCUT2D eigenvalue weighted by Gasteiger charge is -2.23. The number of hydrogen-bond donors (Lipinski definition) is 0. The SMILES string of the molecule is CC(=O)OC1=C(N2CCCS2(=O)=O)OC(C)(c2ccco2)C1=O. The van der Waals surface area contributed by atoms with E-state index < -0.39 is 33.1 Å². The number of nitrogens with zero attached hydrogens (tertiary/aromatic N) is 1. The Hall–Kier alpha value is -2.29. The van der Waals surface area contributed by atoms with Crippen LogP contribution in [0.4, 0.5) is 0 Å². The molecule has 0 bridgehead atoms. The van der Waals surface area contributed by atoms with E-state index >= 15 is 0 Å². The molecule has 0 aliphatic carbocycles. The first-order valence-electron chi connectivity index (χ1n) is 6.96. The summed E-state index contributed by atoms with van der Waals surface area (Å²) in [4.78, 5) is 24.0. The molecule has 3 rings (SSSR count). The zero-order chi connectivity index (χ0) is 16.8.